The number of pyridine rings is 1. The summed E-state index contributed by atoms with van der Waals surface area (Å²) in [5.41, 5.74) is 4.40. The second-order valence-corrected chi connectivity index (χ2v) is 11.3. The Morgan fingerprint density at radius 2 is 1.74 bits per heavy atom. The molecule has 0 unspecified atom stereocenters. The molecule has 2 aromatic carbocycles. The second-order valence-electron chi connectivity index (χ2n) is 10.5. The first-order valence-corrected chi connectivity index (χ1v) is 14.9. The van der Waals surface area contributed by atoms with Gasteiger partial charge in [-0.25, -0.2) is 9.97 Å². The Hall–Kier alpha value is -4.63. The maximum absolute atomic E-state index is 14.0. The summed E-state index contributed by atoms with van der Waals surface area (Å²) in [6.07, 6.45) is 7.50. The predicted octanol–water partition coefficient (Wildman–Crippen LogP) is 6.17. The van der Waals surface area contributed by atoms with Gasteiger partial charge >= 0.3 is 5.97 Å². The number of aromatic nitrogens is 2. The van der Waals surface area contributed by atoms with Gasteiger partial charge in [0.05, 0.1) is 18.0 Å². The summed E-state index contributed by atoms with van der Waals surface area (Å²) >= 11 is 1.36. The number of amides is 2. The molecular formula is C33H30N4O4S. The maximum atomic E-state index is 14.0. The molecule has 0 radical (unpaired) electrons. The van der Waals surface area contributed by atoms with Gasteiger partial charge in [-0.05, 0) is 42.0 Å². The number of carbonyl (C=O) groups excluding carboxylic acids is 2. The lowest BCUT2D eigenvalue weighted by Crippen LogP contribution is -2.40. The molecule has 9 heteroatoms. The third-order valence-electron chi connectivity index (χ3n) is 7.87. The third-order valence-corrected chi connectivity index (χ3v) is 8.73. The van der Waals surface area contributed by atoms with Crippen molar-refractivity contribution in [1.82, 2.24) is 9.97 Å². The Morgan fingerprint density at radius 1 is 0.952 bits per heavy atom. The average molecular weight is 579 g/mol. The number of hydrogen-bond donors (Lipinski definition) is 1. The fourth-order valence-corrected chi connectivity index (χ4v) is 6.61. The number of allylic oxidation sites excluding steroid dienone is 1. The fraction of sp³-hybridized carbons (Fsp3) is 0.242. The molecule has 0 aliphatic carbocycles. The lowest BCUT2D eigenvalue weighted by atomic mass is 9.80. The number of aliphatic carboxylic acids is 1. The van der Waals surface area contributed by atoms with Crippen LogP contribution >= 0.6 is 11.3 Å². The van der Waals surface area contributed by atoms with E-state index >= 15 is 0 Å². The molecule has 0 spiro atoms. The van der Waals surface area contributed by atoms with Gasteiger partial charge in [0.1, 0.15) is 5.82 Å². The van der Waals surface area contributed by atoms with E-state index in [0.29, 0.717) is 36.9 Å². The number of carboxylic acid groups (broad SMARTS) is 1. The van der Waals surface area contributed by atoms with Crippen LogP contribution in [0.25, 0.3) is 22.4 Å². The lowest BCUT2D eigenvalue weighted by molar-refractivity contribution is -0.141. The minimum Gasteiger partial charge on any atom is -0.481 e. The number of carboxylic acids is 1. The quantitative estimate of drug-likeness (QED) is 0.263. The van der Waals surface area contributed by atoms with E-state index in [4.69, 9.17) is 4.98 Å². The molecular weight excluding hydrogens is 548 g/mol. The first-order valence-electron chi connectivity index (χ1n) is 14.0. The minimum absolute atomic E-state index is 0.0972. The summed E-state index contributed by atoms with van der Waals surface area (Å²) in [5, 5.41) is 12.2. The van der Waals surface area contributed by atoms with Gasteiger partial charge in [0.25, 0.3) is 0 Å². The minimum atomic E-state index is -0.999. The van der Waals surface area contributed by atoms with E-state index in [1.165, 1.54) is 11.3 Å². The van der Waals surface area contributed by atoms with Gasteiger partial charge in [0.2, 0.25) is 11.8 Å². The Morgan fingerprint density at radius 3 is 2.45 bits per heavy atom. The van der Waals surface area contributed by atoms with Crippen molar-refractivity contribution in [2.24, 2.45) is 5.92 Å². The Bertz CT molecular complexity index is 1630. The number of hydrogen-bond acceptors (Lipinski definition) is 6. The van der Waals surface area contributed by atoms with Crippen LogP contribution in [-0.2, 0) is 14.4 Å². The van der Waals surface area contributed by atoms with Gasteiger partial charge in [-0.1, -0.05) is 66.7 Å². The van der Waals surface area contributed by atoms with Crippen molar-refractivity contribution >= 4 is 40.1 Å². The molecule has 8 nitrogen and oxygen atoms in total. The molecule has 212 valence electrons. The molecule has 1 fully saturated rings. The summed E-state index contributed by atoms with van der Waals surface area (Å²) in [4.78, 5) is 50.8. The standard InChI is InChI=1S/C33H30N4O4S/c38-30-14-8-18-36(30)29-16-15-23(20-34-29)25-11-4-5-13-26(25)28-21-42-33(35-28)37-17-7-6-12-24(22-9-2-1-3-10-22)27(32(37)41)19-31(39)40/h1-7,9-11,13,15-16,20-21,24,27H,8,12,14,17-19H2,(H,39,40)/b7-6-/t24-,27+/m1/s1. The Balaban J connectivity index is 1.30. The van der Waals surface area contributed by atoms with Crippen molar-refractivity contribution in [2.75, 3.05) is 22.9 Å². The van der Waals surface area contributed by atoms with Crippen LogP contribution in [0, 0.1) is 5.92 Å². The van der Waals surface area contributed by atoms with Gasteiger partial charge in [0, 0.05) is 42.2 Å². The van der Waals surface area contributed by atoms with Crippen LogP contribution in [0.1, 0.15) is 37.2 Å². The molecule has 6 rings (SSSR count). The highest BCUT2D eigenvalue weighted by molar-refractivity contribution is 7.14. The summed E-state index contributed by atoms with van der Waals surface area (Å²) in [7, 11) is 0. The number of anilines is 2. The third kappa shape index (κ3) is 5.60. The molecule has 42 heavy (non-hydrogen) atoms. The first kappa shape index (κ1) is 27.5. The SMILES string of the molecule is O=C(O)C[C@@H]1C(=O)N(c2nc(-c3ccccc3-c3ccc(N4CCCC4=O)nc3)cs2)C/C=C\C[C@@H]1c1ccccc1. The van der Waals surface area contributed by atoms with Crippen LogP contribution < -0.4 is 9.80 Å². The van der Waals surface area contributed by atoms with Crippen LogP contribution in [0.15, 0.2) is 90.5 Å². The van der Waals surface area contributed by atoms with Crippen LogP contribution in [0.3, 0.4) is 0 Å². The largest absolute Gasteiger partial charge is 0.481 e. The van der Waals surface area contributed by atoms with E-state index in [9.17, 15) is 19.5 Å². The summed E-state index contributed by atoms with van der Waals surface area (Å²) in [5.74, 6) is -1.45. The van der Waals surface area contributed by atoms with Gasteiger partial charge < -0.3 is 5.11 Å². The van der Waals surface area contributed by atoms with E-state index in [-0.39, 0.29) is 24.2 Å². The van der Waals surface area contributed by atoms with Crippen molar-refractivity contribution in [3.63, 3.8) is 0 Å². The van der Waals surface area contributed by atoms with E-state index in [2.05, 4.69) is 4.98 Å². The monoisotopic (exact) mass is 578 g/mol. The number of carbonyl (C=O) groups is 3. The zero-order valence-corrected chi connectivity index (χ0v) is 23.7. The average Bonchev–Trinajstić information content (AvgIpc) is 3.67. The zero-order valence-electron chi connectivity index (χ0n) is 22.9. The van der Waals surface area contributed by atoms with Crippen molar-refractivity contribution in [2.45, 2.75) is 31.6 Å². The van der Waals surface area contributed by atoms with Crippen molar-refractivity contribution < 1.29 is 19.5 Å². The molecule has 4 aromatic rings. The predicted molar refractivity (Wildman–Crippen MR) is 163 cm³/mol. The molecule has 2 aromatic heterocycles. The van der Waals surface area contributed by atoms with Crippen LogP contribution in [0.5, 0.6) is 0 Å². The molecule has 1 N–H and O–H groups in total. The molecule has 0 bridgehead atoms. The molecule has 0 saturated carbocycles. The molecule has 2 aliphatic rings. The van der Waals surface area contributed by atoms with E-state index in [0.717, 1.165) is 34.4 Å². The smallest absolute Gasteiger partial charge is 0.304 e. The zero-order chi connectivity index (χ0) is 29.1. The topological polar surface area (TPSA) is 104 Å². The highest BCUT2D eigenvalue weighted by Crippen LogP contribution is 2.38. The first-order chi connectivity index (χ1) is 20.5. The van der Waals surface area contributed by atoms with Crippen molar-refractivity contribution in [1.29, 1.82) is 0 Å². The van der Waals surface area contributed by atoms with Crippen molar-refractivity contribution in [3.8, 4) is 22.4 Å². The molecule has 4 heterocycles. The fourth-order valence-electron chi connectivity index (χ4n) is 5.77. The number of thiazole rings is 1. The molecule has 2 amide bonds. The molecule has 1 saturated heterocycles. The van der Waals surface area contributed by atoms with Gasteiger partial charge in [-0.2, -0.15) is 0 Å². The van der Waals surface area contributed by atoms with Crippen LogP contribution in [0.4, 0.5) is 10.9 Å². The maximum Gasteiger partial charge on any atom is 0.304 e. The highest BCUT2D eigenvalue weighted by Gasteiger charge is 2.36. The van der Waals surface area contributed by atoms with Gasteiger partial charge in [0.15, 0.2) is 5.13 Å². The second kappa shape index (κ2) is 12.1. The number of benzene rings is 2. The lowest BCUT2D eigenvalue weighted by Gasteiger charge is -2.31. The highest BCUT2D eigenvalue weighted by atomic mass is 32.1. The van der Waals surface area contributed by atoms with Gasteiger partial charge in [-0.15, -0.1) is 11.3 Å². The van der Waals surface area contributed by atoms with E-state index in [1.54, 1.807) is 16.0 Å². The van der Waals surface area contributed by atoms with E-state index < -0.39 is 11.9 Å². The molecule has 2 atom stereocenters. The van der Waals surface area contributed by atoms with Crippen molar-refractivity contribution in [3.05, 3.63) is 96.0 Å². The normalized spacial score (nSPS) is 19.9. The Labute approximate surface area is 248 Å². The summed E-state index contributed by atoms with van der Waals surface area (Å²) < 4.78 is 0. The summed E-state index contributed by atoms with van der Waals surface area (Å²) in [6.45, 7) is 1.01. The summed E-state index contributed by atoms with van der Waals surface area (Å²) in [6, 6.07) is 21.4. The Kier molecular flexibility index (Phi) is 7.92. The van der Waals surface area contributed by atoms with Gasteiger partial charge in [-0.3, -0.25) is 24.2 Å². The number of rotatable bonds is 7. The van der Waals surface area contributed by atoms with E-state index in [1.807, 2.05) is 84.3 Å². The van der Waals surface area contributed by atoms with Crippen LogP contribution in [0.2, 0.25) is 0 Å². The van der Waals surface area contributed by atoms with Crippen LogP contribution in [-0.4, -0.2) is 45.9 Å². The number of nitrogens with zero attached hydrogens (tertiary/aromatic N) is 4. The molecule has 2 aliphatic heterocycles.